The smallest absolute Gasteiger partial charge is 0.416 e. The molecule has 0 amide bonds. The molecule has 0 aromatic heterocycles. The van der Waals surface area contributed by atoms with Crippen molar-refractivity contribution in [3.63, 3.8) is 0 Å². The number of hydrogen-bond donors (Lipinski definition) is 0. The highest BCUT2D eigenvalue weighted by atomic mass is 19.4. The van der Waals surface area contributed by atoms with E-state index in [0.717, 1.165) is 35.4 Å². The summed E-state index contributed by atoms with van der Waals surface area (Å²) in [5.74, 6) is -1.11. The maximum atomic E-state index is 12.6. The van der Waals surface area contributed by atoms with Gasteiger partial charge in [0.15, 0.2) is 0 Å². The maximum Gasteiger partial charge on any atom is 0.416 e. The van der Waals surface area contributed by atoms with E-state index < -0.39 is 29.8 Å². The average molecular weight is 422 g/mol. The summed E-state index contributed by atoms with van der Waals surface area (Å²) < 4.78 is 48.5. The molecule has 2 rings (SSSR count). The highest BCUT2D eigenvalue weighted by Gasteiger charge is 2.30. The van der Waals surface area contributed by atoms with Crippen LogP contribution in [0.5, 0.6) is 0 Å². The number of hydrogen-bond acceptors (Lipinski definition) is 4. The van der Waals surface area contributed by atoms with Crippen molar-refractivity contribution in [2.45, 2.75) is 58.9 Å². The molecule has 0 fully saturated rings. The molecule has 2 unspecified atom stereocenters. The first-order valence-corrected chi connectivity index (χ1v) is 9.63. The topological polar surface area (TPSA) is 52.6 Å². The number of esters is 2. The summed E-state index contributed by atoms with van der Waals surface area (Å²) in [5.41, 5.74) is 1.65. The van der Waals surface area contributed by atoms with Gasteiger partial charge in [-0.15, -0.1) is 0 Å². The average Bonchev–Trinajstić information content (AvgIpc) is 2.65. The van der Waals surface area contributed by atoms with E-state index >= 15 is 0 Å². The normalized spacial score (nSPS) is 13.4. The lowest BCUT2D eigenvalue weighted by Gasteiger charge is -2.17. The van der Waals surface area contributed by atoms with Crippen molar-refractivity contribution in [1.29, 1.82) is 0 Å². The molecule has 0 aliphatic heterocycles. The van der Waals surface area contributed by atoms with E-state index in [1.807, 2.05) is 19.9 Å². The van der Waals surface area contributed by atoms with Crippen LogP contribution in [0.25, 0.3) is 0 Å². The molecule has 0 aliphatic rings. The molecule has 0 radical (unpaired) electrons. The van der Waals surface area contributed by atoms with Gasteiger partial charge in [0, 0.05) is 0 Å². The van der Waals surface area contributed by atoms with Crippen LogP contribution in [0, 0.1) is 13.8 Å². The third-order valence-electron chi connectivity index (χ3n) is 4.50. The third kappa shape index (κ3) is 6.90. The van der Waals surface area contributed by atoms with Crippen molar-refractivity contribution < 1.29 is 32.2 Å². The van der Waals surface area contributed by atoms with Crippen LogP contribution in [-0.2, 0) is 15.7 Å². The lowest BCUT2D eigenvalue weighted by molar-refractivity contribution is -0.137. The van der Waals surface area contributed by atoms with Crippen molar-refractivity contribution in [2.24, 2.45) is 0 Å². The van der Waals surface area contributed by atoms with Crippen molar-refractivity contribution in [3.8, 4) is 0 Å². The second-order valence-electron chi connectivity index (χ2n) is 7.46. The summed E-state index contributed by atoms with van der Waals surface area (Å²) in [4.78, 5) is 24.4. The van der Waals surface area contributed by atoms with E-state index in [1.54, 1.807) is 26.0 Å². The minimum atomic E-state index is -4.46. The minimum Gasteiger partial charge on any atom is -0.459 e. The Morgan fingerprint density at radius 2 is 1.23 bits per heavy atom. The van der Waals surface area contributed by atoms with Gasteiger partial charge in [0.2, 0.25) is 0 Å². The molecule has 4 nitrogen and oxygen atoms in total. The number of halogens is 3. The van der Waals surface area contributed by atoms with Crippen molar-refractivity contribution in [2.75, 3.05) is 0 Å². The molecule has 0 heterocycles. The summed E-state index contributed by atoms with van der Waals surface area (Å²) >= 11 is 0. The maximum absolute atomic E-state index is 12.6. The van der Waals surface area contributed by atoms with Gasteiger partial charge in [-0.25, -0.2) is 9.59 Å². The highest BCUT2D eigenvalue weighted by molar-refractivity contribution is 5.90. The molecule has 162 valence electrons. The Balaban J connectivity index is 1.82. The zero-order chi connectivity index (χ0) is 22.5. The molecule has 2 atom stereocenters. The van der Waals surface area contributed by atoms with Crippen LogP contribution < -0.4 is 0 Å². The number of alkyl halides is 3. The van der Waals surface area contributed by atoms with Gasteiger partial charge in [0.25, 0.3) is 0 Å². The van der Waals surface area contributed by atoms with Crippen LogP contribution in [0.15, 0.2) is 42.5 Å². The van der Waals surface area contributed by atoms with E-state index in [0.29, 0.717) is 18.4 Å². The second-order valence-corrected chi connectivity index (χ2v) is 7.46. The Hall–Kier alpha value is -2.83. The number of aryl methyl sites for hydroxylation is 2. The molecule has 7 heteroatoms. The van der Waals surface area contributed by atoms with Gasteiger partial charge in [-0.2, -0.15) is 13.2 Å². The number of rotatable bonds is 7. The Morgan fingerprint density at radius 3 is 1.67 bits per heavy atom. The van der Waals surface area contributed by atoms with Gasteiger partial charge in [-0.05, 0) is 76.9 Å². The summed E-state index contributed by atoms with van der Waals surface area (Å²) in [7, 11) is 0. The number of carbonyl (C=O) groups excluding carboxylic acids is 2. The molecule has 2 aromatic carbocycles. The Kier molecular flexibility index (Phi) is 7.65. The SMILES string of the molecule is Cc1cc(C)cc(C(=O)OC(C)CCC(C)OC(=O)c2ccc(C(F)(F)F)cc2)c1. The lowest BCUT2D eigenvalue weighted by atomic mass is 10.1. The molecule has 0 saturated heterocycles. The van der Waals surface area contributed by atoms with Crippen LogP contribution in [0.2, 0.25) is 0 Å². The molecular formula is C23H25F3O4. The third-order valence-corrected chi connectivity index (χ3v) is 4.50. The van der Waals surface area contributed by atoms with Gasteiger partial charge >= 0.3 is 18.1 Å². The highest BCUT2D eigenvalue weighted by Crippen LogP contribution is 2.29. The Bertz CT molecular complexity index is 868. The van der Waals surface area contributed by atoms with E-state index in [2.05, 4.69) is 0 Å². The van der Waals surface area contributed by atoms with Crippen LogP contribution in [0.4, 0.5) is 13.2 Å². The summed E-state index contributed by atoms with van der Waals surface area (Å²) in [5, 5.41) is 0. The van der Waals surface area contributed by atoms with Crippen LogP contribution in [0.3, 0.4) is 0 Å². The first-order valence-electron chi connectivity index (χ1n) is 9.63. The lowest BCUT2D eigenvalue weighted by Crippen LogP contribution is -2.20. The van der Waals surface area contributed by atoms with Crippen LogP contribution in [-0.4, -0.2) is 24.1 Å². The van der Waals surface area contributed by atoms with Crippen molar-refractivity contribution >= 4 is 11.9 Å². The fourth-order valence-electron chi connectivity index (χ4n) is 2.98. The quantitative estimate of drug-likeness (QED) is 0.522. The monoisotopic (exact) mass is 422 g/mol. The predicted molar refractivity (Wildman–Crippen MR) is 106 cm³/mol. The number of ether oxygens (including phenoxy) is 2. The van der Waals surface area contributed by atoms with Crippen molar-refractivity contribution in [1.82, 2.24) is 0 Å². The van der Waals surface area contributed by atoms with Gasteiger partial charge in [0.05, 0.1) is 28.9 Å². The Labute approximate surface area is 174 Å². The summed E-state index contributed by atoms with van der Waals surface area (Å²) in [6, 6.07) is 9.35. The Morgan fingerprint density at radius 1 is 0.800 bits per heavy atom. The predicted octanol–water partition coefficient (Wildman–Crippen LogP) is 5.89. The fraction of sp³-hybridized carbons (Fsp3) is 0.391. The molecule has 0 bridgehead atoms. The molecule has 0 N–H and O–H groups in total. The molecule has 30 heavy (non-hydrogen) atoms. The summed E-state index contributed by atoms with van der Waals surface area (Å²) in [6.45, 7) is 7.24. The van der Waals surface area contributed by atoms with E-state index in [-0.39, 0.29) is 11.7 Å². The standard InChI is InChI=1S/C23H25F3O4/c1-14-11-15(2)13-19(12-14)22(28)30-17(4)6-5-16(3)29-21(27)18-7-9-20(10-8-18)23(24,25)26/h7-13,16-17H,5-6H2,1-4H3. The van der Waals surface area contributed by atoms with E-state index in [9.17, 15) is 22.8 Å². The molecule has 0 saturated carbocycles. The zero-order valence-electron chi connectivity index (χ0n) is 17.4. The van der Waals surface area contributed by atoms with Gasteiger partial charge in [-0.1, -0.05) is 17.2 Å². The zero-order valence-corrected chi connectivity index (χ0v) is 17.4. The molecule has 0 spiro atoms. The van der Waals surface area contributed by atoms with E-state index in [1.165, 1.54) is 0 Å². The molecule has 0 aliphatic carbocycles. The van der Waals surface area contributed by atoms with E-state index in [4.69, 9.17) is 9.47 Å². The van der Waals surface area contributed by atoms with Gasteiger partial charge in [0.1, 0.15) is 0 Å². The first kappa shape index (κ1) is 23.4. The summed E-state index contributed by atoms with van der Waals surface area (Å²) in [6.07, 6.45) is -4.42. The van der Waals surface area contributed by atoms with Crippen LogP contribution >= 0.6 is 0 Å². The second kappa shape index (κ2) is 9.78. The number of carbonyl (C=O) groups is 2. The van der Waals surface area contributed by atoms with Crippen LogP contribution in [0.1, 0.15) is 64.1 Å². The van der Waals surface area contributed by atoms with Crippen molar-refractivity contribution in [3.05, 3.63) is 70.3 Å². The molecule has 2 aromatic rings. The first-order chi connectivity index (χ1) is 14.0. The van der Waals surface area contributed by atoms with Gasteiger partial charge < -0.3 is 9.47 Å². The number of benzene rings is 2. The molecular weight excluding hydrogens is 397 g/mol. The van der Waals surface area contributed by atoms with Gasteiger partial charge in [-0.3, -0.25) is 0 Å². The fourth-order valence-corrected chi connectivity index (χ4v) is 2.98. The minimum absolute atomic E-state index is 0.0455. The largest absolute Gasteiger partial charge is 0.459 e.